The molecule has 0 saturated carbocycles. The number of ether oxygens (including phenoxy) is 1. The number of nitrogen functional groups attached to an aromatic ring is 1. The molecular formula is C10H12F3N3O5. The van der Waals surface area contributed by atoms with Crippen molar-refractivity contribution in [1.29, 1.82) is 0 Å². The third-order valence-electron chi connectivity index (χ3n) is 3.26. The van der Waals surface area contributed by atoms with Crippen LogP contribution in [0.3, 0.4) is 0 Å². The number of anilines is 1. The number of hydrogen-bond donors (Lipinski definition) is 4. The van der Waals surface area contributed by atoms with Crippen molar-refractivity contribution in [3.8, 4) is 0 Å². The Morgan fingerprint density at radius 2 is 2.10 bits per heavy atom. The Labute approximate surface area is 115 Å². The third-order valence-corrected chi connectivity index (χ3v) is 3.26. The second-order valence-electron chi connectivity index (χ2n) is 4.53. The minimum absolute atomic E-state index is 0.173. The van der Waals surface area contributed by atoms with Crippen LogP contribution in [-0.4, -0.2) is 55.5 Å². The fourth-order valence-corrected chi connectivity index (χ4v) is 2.08. The maximum Gasteiger partial charge on any atom is 0.422 e. The molecular weight excluding hydrogens is 299 g/mol. The predicted octanol–water partition coefficient (Wildman–Crippen LogP) is -1.63. The highest BCUT2D eigenvalue weighted by Crippen LogP contribution is 2.46. The van der Waals surface area contributed by atoms with Gasteiger partial charge in [-0.25, -0.2) is 4.79 Å². The molecule has 1 aliphatic rings. The van der Waals surface area contributed by atoms with Gasteiger partial charge in [0.1, 0.15) is 18.0 Å². The molecule has 1 aromatic rings. The molecule has 5 N–H and O–H groups in total. The minimum atomic E-state index is -5.16. The van der Waals surface area contributed by atoms with Crippen LogP contribution in [0, 0.1) is 0 Å². The van der Waals surface area contributed by atoms with Gasteiger partial charge >= 0.3 is 11.9 Å². The van der Waals surface area contributed by atoms with E-state index in [4.69, 9.17) is 10.8 Å². The smallest absolute Gasteiger partial charge is 0.393 e. The first-order valence-corrected chi connectivity index (χ1v) is 5.70. The Hall–Kier alpha value is -1.69. The molecule has 0 radical (unpaired) electrons. The van der Waals surface area contributed by atoms with Crippen LogP contribution < -0.4 is 11.4 Å². The zero-order valence-corrected chi connectivity index (χ0v) is 10.4. The lowest BCUT2D eigenvalue weighted by molar-refractivity contribution is -0.306. The van der Waals surface area contributed by atoms with Crippen molar-refractivity contribution in [2.75, 3.05) is 12.3 Å². The van der Waals surface area contributed by atoms with Crippen molar-refractivity contribution in [2.24, 2.45) is 0 Å². The Bertz CT molecular complexity index is 592. The zero-order valence-electron chi connectivity index (χ0n) is 10.4. The predicted molar refractivity (Wildman–Crippen MR) is 60.9 cm³/mol. The maximum absolute atomic E-state index is 13.0. The molecule has 4 atom stereocenters. The summed E-state index contributed by atoms with van der Waals surface area (Å²) in [5, 5.41) is 28.3. The van der Waals surface area contributed by atoms with Gasteiger partial charge < -0.3 is 25.8 Å². The summed E-state index contributed by atoms with van der Waals surface area (Å²) in [4.78, 5) is 14.9. The van der Waals surface area contributed by atoms with Crippen LogP contribution in [-0.2, 0) is 4.74 Å². The van der Waals surface area contributed by atoms with Crippen molar-refractivity contribution in [1.82, 2.24) is 9.55 Å². The Balaban J connectivity index is 2.47. The van der Waals surface area contributed by atoms with E-state index in [-0.39, 0.29) is 5.82 Å². The Morgan fingerprint density at radius 1 is 1.48 bits per heavy atom. The lowest BCUT2D eigenvalue weighted by Crippen LogP contribution is -2.57. The number of aliphatic hydroxyl groups excluding tert-OH is 3. The van der Waals surface area contributed by atoms with Gasteiger partial charge in [-0.2, -0.15) is 18.2 Å². The first kappa shape index (κ1) is 15.7. The van der Waals surface area contributed by atoms with Crippen LogP contribution in [0.4, 0.5) is 19.0 Å². The summed E-state index contributed by atoms with van der Waals surface area (Å²) in [6.07, 6.45) is -10.6. The number of nitrogens with zero attached hydrogens (tertiary/aromatic N) is 2. The van der Waals surface area contributed by atoms with Gasteiger partial charge in [-0.1, -0.05) is 0 Å². The Kier molecular flexibility index (Phi) is 3.70. The summed E-state index contributed by atoms with van der Waals surface area (Å²) in [5.41, 5.74) is 0.781. The number of hydrogen-bond acceptors (Lipinski definition) is 7. The van der Waals surface area contributed by atoms with E-state index in [0.717, 1.165) is 12.3 Å². The van der Waals surface area contributed by atoms with E-state index in [1.807, 2.05) is 0 Å². The monoisotopic (exact) mass is 311 g/mol. The first-order valence-electron chi connectivity index (χ1n) is 5.70. The highest BCUT2D eigenvalue weighted by Gasteiger charge is 2.69. The average Bonchev–Trinajstić information content (AvgIpc) is 2.63. The van der Waals surface area contributed by atoms with Gasteiger partial charge in [0, 0.05) is 6.20 Å². The van der Waals surface area contributed by atoms with Crippen molar-refractivity contribution in [2.45, 2.75) is 30.2 Å². The summed E-state index contributed by atoms with van der Waals surface area (Å²) in [5.74, 6) is -0.173. The molecule has 2 heterocycles. The molecule has 1 aromatic heterocycles. The van der Waals surface area contributed by atoms with E-state index in [1.165, 1.54) is 0 Å². The van der Waals surface area contributed by atoms with E-state index in [9.17, 15) is 28.2 Å². The van der Waals surface area contributed by atoms with Crippen LogP contribution in [0.5, 0.6) is 0 Å². The van der Waals surface area contributed by atoms with Crippen LogP contribution in [0.1, 0.15) is 6.23 Å². The van der Waals surface area contributed by atoms with Gasteiger partial charge in [0.15, 0.2) is 6.23 Å². The summed E-state index contributed by atoms with van der Waals surface area (Å²) >= 11 is 0. The van der Waals surface area contributed by atoms with Gasteiger partial charge in [0.2, 0.25) is 5.60 Å². The van der Waals surface area contributed by atoms with Crippen LogP contribution in [0.15, 0.2) is 17.1 Å². The molecule has 2 unspecified atom stereocenters. The lowest BCUT2D eigenvalue weighted by atomic mass is 9.95. The molecule has 1 saturated heterocycles. The van der Waals surface area contributed by atoms with Crippen molar-refractivity contribution in [3.05, 3.63) is 22.7 Å². The SMILES string of the molecule is Nc1ccn([C@@H]2O[C@@](CO)(C(F)(F)F)C(O)C2O)c(=O)n1. The topological polar surface area (TPSA) is 131 Å². The molecule has 118 valence electrons. The number of alkyl halides is 3. The van der Waals surface area contributed by atoms with Gasteiger partial charge in [-0.3, -0.25) is 4.57 Å². The van der Waals surface area contributed by atoms with E-state index in [2.05, 4.69) is 9.72 Å². The van der Waals surface area contributed by atoms with E-state index in [0.29, 0.717) is 4.57 Å². The normalized spacial score (nSPS) is 33.3. The van der Waals surface area contributed by atoms with E-state index < -0.39 is 42.5 Å². The number of halogens is 3. The van der Waals surface area contributed by atoms with Crippen molar-refractivity contribution < 1.29 is 33.2 Å². The zero-order chi connectivity index (χ0) is 16.0. The standard InChI is InChI=1S/C10H12F3N3O5/c11-10(12,13)9(3-17)6(19)5(18)7(21-9)16-2-1-4(14)15-8(16)20/h1-2,5-7,17-19H,3H2,(H2,14,15,20)/t5?,6?,7-,9-/m1/s1. The van der Waals surface area contributed by atoms with Gasteiger partial charge in [0.05, 0.1) is 6.61 Å². The molecule has 0 bridgehead atoms. The fraction of sp³-hybridized carbons (Fsp3) is 0.600. The molecule has 2 rings (SSSR count). The fourth-order valence-electron chi connectivity index (χ4n) is 2.08. The number of aromatic nitrogens is 2. The molecule has 0 amide bonds. The molecule has 1 fully saturated rings. The molecule has 21 heavy (non-hydrogen) atoms. The average molecular weight is 311 g/mol. The minimum Gasteiger partial charge on any atom is -0.393 e. The van der Waals surface area contributed by atoms with Gasteiger partial charge in [0.25, 0.3) is 0 Å². The highest BCUT2D eigenvalue weighted by molar-refractivity contribution is 5.23. The molecule has 0 aliphatic carbocycles. The van der Waals surface area contributed by atoms with E-state index in [1.54, 1.807) is 0 Å². The molecule has 1 aliphatic heterocycles. The summed E-state index contributed by atoms with van der Waals surface area (Å²) in [6, 6.07) is 1.11. The van der Waals surface area contributed by atoms with Crippen molar-refractivity contribution >= 4 is 5.82 Å². The van der Waals surface area contributed by atoms with Crippen LogP contribution >= 0.6 is 0 Å². The first-order chi connectivity index (χ1) is 9.64. The molecule has 0 aromatic carbocycles. The van der Waals surface area contributed by atoms with Gasteiger partial charge in [-0.15, -0.1) is 0 Å². The Morgan fingerprint density at radius 3 is 2.52 bits per heavy atom. The number of nitrogens with two attached hydrogens (primary N) is 1. The van der Waals surface area contributed by atoms with Crippen LogP contribution in [0.2, 0.25) is 0 Å². The number of rotatable bonds is 2. The third kappa shape index (κ3) is 2.27. The lowest BCUT2D eigenvalue weighted by Gasteiger charge is -2.31. The molecule has 11 heteroatoms. The molecule has 8 nitrogen and oxygen atoms in total. The maximum atomic E-state index is 13.0. The summed E-state index contributed by atoms with van der Waals surface area (Å²) in [7, 11) is 0. The second-order valence-corrected chi connectivity index (χ2v) is 4.53. The number of aliphatic hydroxyl groups is 3. The summed E-state index contributed by atoms with van der Waals surface area (Å²) in [6.45, 7) is -1.62. The van der Waals surface area contributed by atoms with Crippen molar-refractivity contribution in [3.63, 3.8) is 0 Å². The second kappa shape index (κ2) is 4.94. The quantitative estimate of drug-likeness (QED) is 0.516. The highest BCUT2D eigenvalue weighted by atomic mass is 19.4. The van der Waals surface area contributed by atoms with E-state index >= 15 is 0 Å². The summed E-state index contributed by atoms with van der Waals surface area (Å²) < 4.78 is 44.2. The largest absolute Gasteiger partial charge is 0.422 e. The van der Waals surface area contributed by atoms with Crippen LogP contribution in [0.25, 0.3) is 0 Å². The van der Waals surface area contributed by atoms with Gasteiger partial charge in [-0.05, 0) is 6.07 Å². The molecule has 0 spiro atoms.